The molecule has 2 aromatic rings. The van der Waals surface area contributed by atoms with Crippen LogP contribution >= 0.6 is 0 Å². The molecule has 0 saturated carbocycles. The summed E-state index contributed by atoms with van der Waals surface area (Å²) in [4.78, 5) is 2.88. The zero-order chi connectivity index (χ0) is 19.3. The van der Waals surface area contributed by atoms with Crippen molar-refractivity contribution in [2.24, 2.45) is 5.11 Å². The Morgan fingerprint density at radius 3 is 2.50 bits per heavy atom. The molecule has 2 aromatic carbocycles. The van der Waals surface area contributed by atoms with E-state index in [1.54, 1.807) is 0 Å². The van der Waals surface area contributed by atoms with Gasteiger partial charge < -0.3 is 24.1 Å². The average Bonchev–Trinajstić information content (AvgIpc) is 2.75. The molecule has 2 fully saturated rings. The van der Waals surface area contributed by atoms with Crippen molar-refractivity contribution in [1.82, 2.24) is 0 Å². The van der Waals surface area contributed by atoms with Crippen LogP contribution in [0, 0.1) is 0 Å². The summed E-state index contributed by atoms with van der Waals surface area (Å²) in [5.74, 6) is 0. The van der Waals surface area contributed by atoms with Crippen molar-refractivity contribution in [1.29, 1.82) is 0 Å². The van der Waals surface area contributed by atoms with Crippen molar-refractivity contribution in [2.45, 2.75) is 43.5 Å². The van der Waals surface area contributed by atoms with Gasteiger partial charge in [-0.05, 0) is 11.1 Å². The molecule has 0 radical (unpaired) electrons. The molecule has 146 valence electrons. The third-order valence-corrected chi connectivity index (χ3v) is 4.85. The number of nitrogens with zero attached hydrogens (tertiary/aromatic N) is 3. The Bertz CT molecular complexity index is 815. The van der Waals surface area contributed by atoms with Gasteiger partial charge in [-0.1, -0.05) is 65.8 Å². The van der Waals surface area contributed by atoms with E-state index >= 15 is 0 Å². The van der Waals surface area contributed by atoms with Gasteiger partial charge in [-0.2, -0.15) is 0 Å². The molecular weight excluding hydrogens is 362 g/mol. The number of benzene rings is 2. The lowest BCUT2D eigenvalue weighted by atomic mass is 9.96. The molecule has 6 atom stereocenters. The first-order valence-electron chi connectivity index (χ1n) is 9.11. The Morgan fingerprint density at radius 1 is 1.07 bits per heavy atom. The first-order chi connectivity index (χ1) is 13.8. The third-order valence-electron chi connectivity index (χ3n) is 4.85. The van der Waals surface area contributed by atoms with Gasteiger partial charge in [-0.25, -0.2) is 0 Å². The third kappa shape index (κ3) is 4.02. The van der Waals surface area contributed by atoms with Gasteiger partial charge in [-0.3, -0.25) is 0 Å². The number of aliphatic hydroxyl groups is 1. The highest BCUT2D eigenvalue weighted by molar-refractivity contribution is 5.17. The van der Waals surface area contributed by atoms with Crippen LogP contribution in [0.4, 0.5) is 0 Å². The van der Waals surface area contributed by atoms with Crippen molar-refractivity contribution in [3.63, 3.8) is 0 Å². The zero-order valence-electron chi connectivity index (χ0n) is 15.1. The monoisotopic (exact) mass is 383 g/mol. The number of hydrogen-bond donors (Lipinski definition) is 1. The average molecular weight is 383 g/mol. The summed E-state index contributed by atoms with van der Waals surface area (Å²) in [5, 5.41) is 14.5. The van der Waals surface area contributed by atoms with E-state index in [-0.39, 0.29) is 13.2 Å². The maximum absolute atomic E-state index is 10.7. The molecule has 1 unspecified atom stereocenters. The van der Waals surface area contributed by atoms with E-state index < -0.39 is 36.9 Å². The molecule has 0 spiro atoms. The lowest BCUT2D eigenvalue weighted by Gasteiger charge is -2.46. The van der Waals surface area contributed by atoms with Gasteiger partial charge >= 0.3 is 0 Å². The minimum absolute atomic E-state index is 0.236. The largest absolute Gasteiger partial charge is 0.387 e. The fourth-order valence-electron chi connectivity index (χ4n) is 3.44. The van der Waals surface area contributed by atoms with Crippen molar-refractivity contribution < 1.29 is 24.1 Å². The van der Waals surface area contributed by atoms with Crippen LogP contribution in [0.15, 0.2) is 65.8 Å². The normalized spacial score (nSPS) is 32.2. The Labute approximate surface area is 162 Å². The summed E-state index contributed by atoms with van der Waals surface area (Å²) in [5.41, 5.74) is 10.8. The van der Waals surface area contributed by atoms with Crippen LogP contribution in [0.5, 0.6) is 0 Å². The molecule has 2 aliphatic rings. The predicted octanol–water partition coefficient (Wildman–Crippen LogP) is 3.08. The Balaban J connectivity index is 1.48. The Kier molecular flexibility index (Phi) is 5.87. The SMILES string of the molecule is [N-]=[N+]=N[C@H]1[C@H](O)[C@@H](OCc2ccccc2)O[C@@H]2COC(c3ccccc3)O[C@@H]12. The van der Waals surface area contributed by atoms with Crippen LogP contribution in [-0.4, -0.2) is 42.4 Å². The molecule has 4 rings (SSSR count). The second-order valence-corrected chi connectivity index (χ2v) is 6.70. The second-order valence-electron chi connectivity index (χ2n) is 6.70. The summed E-state index contributed by atoms with van der Waals surface area (Å²) < 4.78 is 23.4. The molecule has 8 heteroatoms. The van der Waals surface area contributed by atoms with Gasteiger partial charge in [0, 0.05) is 10.5 Å². The van der Waals surface area contributed by atoms with E-state index in [4.69, 9.17) is 24.5 Å². The molecule has 1 N–H and O–H groups in total. The van der Waals surface area contributed by atoms with E-state index in [9.17, 15) is 5.11 Å². The Hall–Kier alpha value is -2.45. The van der Waals surface area contributed by atoms with Crippen LogP contribution < -0.4 is 0 Å². The molecular formula is C20H21N3O5. The number of ether oxygens (including phenoxy) is 4. The quantitative estimate of drug-likeness (QED) is 0.485. The van der Waals surface area contributed by atoms with E-state index in [2.05, 4.69) is 10.0 Å². The van der Waals surface area contributed by atoms with Crippen molar-refractivity contribution in [3.05, 3.63) is 82.2 Å². The minimum atomic E-state index is -1.16. The summed E-state index contributed by atoms with van der Waals surface area (Å²) in [6, 6.07) is 18.2. The molecule has 0 aliphatic carbocycles. The minimum Gasteiger partial charge on any atom is -0.387 e. The molecule has 8 nitrogen and oxygen atoms in total. The van der Waals surface area contributed by atoms with Crippen LogP contribution in [-0.2, 0) is 25.6 Å². The number of rotatable bonds is 5. The fourth-order valence-corrected chi connectivity index (χ4v) is 3.44. The maximum Gasteiger partial charge on any atom is 0.184 e. The number of aliphatic hydroxyl groups excluding tert-OH is 1. The van der Waals surface area contributed by atoms with Crippen LogP contribution in [0.2, 0.25) is 0 Å². The zero-order valence-corrected chi connectivity index (χ0v) is 15.1. The van der Waals surface area contributed by atoms with E-state index in [0.29, 0.717) is 0 Å². The van der Waals surface area contributed by atoms with Gasteiger partial charge in [-0.15, -0.1) is 0 Å². The van der Waals surface area contributed by atoms with Gasteiger partial charge in [0.25, 0.3) is 0 Å². The lowest BCUT2D eigenvalue weighted by molar-refractivity contribution is -0.343. The van der Waals surface area contributed by atoms with Crippen LogP contribution in [0.25, 0.3) is 10.4 Å². The fraction of sp³-hybridized carbons (Fsp3) is 0.400. The van der Waals surface area contributed by atoms with Crippen LogP contribution in [0.1, 0.15) is 17.4 Å². The van der Waals surface area contributed by atoms with Crippen molar-refractivity contribution in [3.8, 4) is 0 Å². The molecule has 2 aliphatic heterocycles. The van der Waals surface area contributed by atoms with E-state index in [0.717, 1.165) is 11.1 Å². The highest BCUT2D eigenvalue weighted by Crippen LogP contribution is 2.35. The van der Waals surface area contributed by atoms with Gasteiger partial charge in [0.1, 0.15) is 18.3 Å². The first-order valence-corrected chi connectivity index (χ1v) is 9.11. The molecule has 0 bridgehead atoms. The number of azide groups is 1. The van der Waals surface area contributed by atoms with E-state index in [1.807, 2.05) is 60.7 Å². The summed E-state index contributed by atoms with van der Waals surface area (Å²) in [7, 11) is 0. The van der Waals surface area contributed by atoms with Crippen LogP contribution in [0.3, 0.4) is 0 Å². The highest BCUT2D eigenvalue weighted by atomic mass is 16.7. The Morgan fingerprint density at radius 2 is 1.79 bits per heavy atom. The number of fused-ring (bicyclic) bond motifs is 1. The molecule has 2 heterocycles. The van der Waals surface area contributed by atoms with E-state index in [1.165, 1.54) is 0 Å². The topological polar surface area (TPSA) is 106 Å². The van der Waals surface area contributed by atoms with Gasteiger partial charge in [0.05, 0.1) is 19.3 Å². The highest BCUT2D eigenvalue weighted by Gasteiger charge is 2.49. The molecule has 28 heavy (non-hydrogen) atoms. The molecule has 0 amide bonds. The standard InChI is InChI=1S/C20H21N3O5/c21-23-22-16-17(24)20(25-11-13-7-3-1-4-8-13)27-15-12-26-19(28-18(15)16)14-9-5-2-6-10-14/h1-10,15-20,24H,11-12H2/t15-,16+,17+,18-,19?,20+/m1/s1. The summed E-state index contributed by atoms with van der Waals surface area (Å²) in [6.45, 7) is 0.497. The summed E-state index contributed by atoms with van der Waals surface area (Å²) in [6.07, 6.45) is -3.87. The van der Waals surface area contributed by atoms with Crippen molar-refractivity contribution in [2.75, 3.05) is 6.61 Å². The molecule has 2 saturated heterocycles. The smallest absolute Gasteiger partial charge is 0.184 e. The predicted molar refractivity (Wildman–Crippen MR) is 98.8 cm³/mol. The van der Waals surface area contributed by atoms with Gasteiger partial charge in [0.2, 0.25) is 0 Å². The van der Waals surface area contributed by atoms with Crippen molar-refractivity contribution >= 4 is 0 Å². The number of hydrogen-bond acceptors (Lipinski definition) is 6. The second kappa shape index (κ2) is 8.70. The maximum atomic E-state index is 10.7. The lowest BCUT2D eigenvalue weighted by Crippen LogP contribution is -2.61. The molecule has 0 aromatic heterocycles. The van der Waals surface area contributed by atoms with Gasteiger partial charge in [0.15, 0.2) is 12.6 Å². The summed E-state index contributed by atoms with van der Waals surface area (Å²) >= 11 is 0. The first kappa shape index (κ1) is 18.9.